The molecular weight excluding hydrogens is 154 g/mol. The zero-order chi connectivity index (χ0) is 9.11. The predicted octanol–water partition coefficient (Wildman–Crippen LogP) is 3.72. The summed E-state index contributed by atoms with van der Waals surface area (Å²) in [6.07, 6.45) is 2.62. The Kier molecular flexibility index (Phi) is 15.1. The third kappa shape index (κ3) is 9.76. The van der Waals surface area contributed by atoms with Crippen molar-refractivity contribution in [1.82, 2.24) is 0 Å². The first-order valence-corrected chi connectivity index (χ1v) is 5.14. The summed E-state index contributed by atoms with van der Waals surface area (Å²) in [7, 11) is 0. The number of aliphatic imine (C=N–C) groups is 1. The molecule has 0 atom stereocenters. The molecule has 0 saturated carbocycles. The van der Waals surface area contributed by atoms with E-state index < -0.39 is 0 Å². The van der Waals surface area contributed by atoms with Gasteiger partial charge < -0.3 is 0 Å². The lowest BCUT2D eigenvalue weighted by Crippen LogP contribution is -1.87. The molecule has 0 aliphatic rings. The zero-order valence-electron chi connectivity index (χ0n) is 8.05. The van der Waals surface area contributed by atoms with Gasteiger partial charge in [-0.3, -0.25) is 4.99 Å². The molecule has 0 aliphatic carbocycles. The monoisotopic (exact) mass is 173 g/mol. The normalized spacial score (nSPS) is 10.0. The van der Waals surface area contributed by atoms with Crippen LogP contribution in [0.15, 0.2) is 17.8 Å². The van der Waals surface area contributed by atoms with E-state index in [1.165, 1.54) is 5.04 Å². The van der Waals surface area contributed by atoms with Crippen molar-refractivity contribution in [1.29, 1.82) is 0 Å². The highest BCUT2D eigenvalue weighted by Gasteiger charge is 1.90. The minimum atomic E-state index is 1.02. The smallest absolute Gasteiger partial charge is 0.0728 e. The van der Waals surface area contributed by atoms with Crippen LogP contribution in [0.2, 0.25) is 0 Å². The topological polar surface area (TPSA) is 12.4 Å². The Hall–Kier alpha value is -0.240. The third-order valence-corrected chi connectivity index (χ3v) is 1.86. The van der Waals surface area contributed by atoms with E-state index >= 15 is 0 Å². The molecule has 0 N–H and O–H groups in total. The molecule has 0 bridgehead atoms. The van der Waals surface area contributed by atoms with Crippen molar-refractivity contribution < 1.29 is 0 Å². The minimum absolute atomic E-state index is 1.02. The van der Waals surface area contributed by atoms with Crippen molar-refractivity contribution in [3.63, 3.8) is 0 Å². The van der Waals surface area contributed by atoms with Crippen molar-refractivity contribution in [3.8, 4) is 0 Å². The van der Waals surface area contributed by atoms with Gasteiger partial charge in [0.1, 0.15) is 0 Å². The maximum atomic E-state index is 4.08. The van der Waals surface area contributed by atoms with E-state index in [0.717, 1.165) is 12.2 Å². The summed E-state index contributed by atoms with van der Waals surface area (Å²) in [6, 6.07) is 0. The zero-order valence-corrected chi connectivity index (χ0v) is 8.87. The van der Waals surface area contributed by atoms with Crippen molar-refractivity contribution in [3.05, 3.63) is 12.8 Å². The van der Waals surface area contributed by atoms with Crippen LogP contribution in [0.4, 0.5) is 0 Å². The van der Waals surface area contributed by atoms with E-state index in [1.807, 2.05) is 13.8 Å². The summed E-state index contributed by atoms with van der Waals surface area (Å²) in [5.74, 6) is 1.10. The Morgan fingerprint density at radius 2 is 2.00 bits per heavy atom. The fourth-order valence-electron chi connectivity index (χ4n) is 0.499. The number of thioether (sulfide) groups is 1. The van der Waals surface area contributed by atoms with Gasteiger partial charge in [0.05, 0.1) is 5.04 Å². The van der Waals surface area contributed by atoms with Gasteiger partial charge >= 0.3 is 0 Å². The van der Waals surface area contributed by atoms with Crippen molar-refractivity contribution in [2.24, 2.45) is 4.99 Å². The lowest BCUT2D eigenvalue weighted by Gasteiger charge is -1.95. The van der Waals surface area contributed by atoms with Crippen LogP contribution in [-0.2, 0) is 0 Å². The highest BCUT2D eigenvalue weighted by molar-refractivity contribution is 8.13. The molecule has 0 amide bonds. The molecule has 0 aromatic rings. The van der Waals surface area contributed by atoms with Crippen molar-refractivity contribution >= 4 is 16.8 Å². The first kappa shape index (κ1) is 13.4. The molecule has 66 valence electrons. The number of rotatable bonds is 3. The van der Waals surface area contributed by atoms with Gasteiger partial charge in [-0.1, -0.05) is 34.3 Å². The highest BCUT2D eigenvalue weighted by atomic mass is 32.2. The Balaban J connectivity index is 0. The SMILES string of the molecule is C=CN=C(CC)SCC.CC. The van der Waals surface area contributed by atoms with Crippen molar-refractivity contribution in [2.45, 2.75) is 34.1 Å². The number of hydrogen-bond acceptors (Lipinski definition) is 2. The van der Waals surface area contributed by atoms with Gasteiger partial charge in [0.25, 0.3) is 0 Å². The maximum absolute atomic E-state index is 4.08. The van der Waals surface area contributed by atoms with Crippen LogP contribution in [0.25, 0.3) is 0 Å². The summed E-state index contributed by atoms with van der Waals surface area (Å²) in [6.45, 7) is 11.8. The Labute approximate surface area is 75.0 Å². The second-order valence-corrected chi connectivity index (χ2v) is 2.83. The summed E-state index contributed by atoms with van der Waals surface area (Å²) < 4.78 is 0. The molecule has 0 spiro atoms. The summed E-state index contributed by atoms with van der Waals surface area (Å²) in [4.78, 5) is 4.08. The largest absolute Gasteiger partial charge is 0.255 e. The average Bonchev–Trinajstić information content (AvgIpc) is 2.08. The lowest BCUT2D eigenvalue weighted by atomic mass is 10.5. The van der Waals surface area contributed by atoms with E-state index in [0.29, 0.717) is 0 Å². The lowest BCUT2D eigenvalue weighted by molar-refractivity contribution is 1.30. The van der Waals surface area contributed by atoms with Crippen molar-refractivity contribution in [2.75, 3.05) is 5.75 Å². The van der Waals surface area contributed by atoms with Crippen LogP contribution in [-0.4, -0.2) is 10.8 Å². The van der Waals surface area contributed by atoms with Gasteiger partial charge in [0.15, 0.2) is 0 Å². The fraction of sp³-hybridized carbons (Fsp3) is 0.667. The quantitative estimate of drug-likeness (QED) is 0.468. The van der Waals surface area contributed by atoms with E-state index in [-0.39, 0.29) is 0 Å². The maximum Gasteiger partial charge on any atom is 0.0728 e. The second kappa shape index (κ2) is 12.4. The van der Waals surface area contributed by atoms with Crippen LogP contribution < -0.4 is 0 Å². The molecular formula is C9H19NS. The van der Waals surface area contributed by atoms with Crippen LogP contribution in [0.3, 0.4) is 0 Å². The van der Waals surface area contributed by atoms with E-state index in [9.17, 15) is 0 Å². The van der Waals surface area contributed by atoms with Crippen LogP contribution in [0.5, 0.6) is 0 Å². The average molecular weight is 173 g/mol. The minimum Gasteiger partial charge on any atom is -0.255 e. The number of nitrogens with zero attached hydrogens (tertiary/aromatic N) is 1. The standard InChI is InChI=1S/C7H13NS.C2H6/c1-4-7(8-5-2)9-6-3;1-2/h5H,2,4,6H2,1,3H3;1-2H3. The molecule has 0 fully saturated rings. The molecule has 0 aromatic heterocycles. The second-order valence-electron chi connectivity index (χ2n) is 1.49. The first-order valence-electron chi connectivity index (χ1n) is 4.15. The van der Waals surface area contributed by atoms with Gasteiger partial charge in [0.2, 0.25) is 0 Å². The molecule has 11 heavy (non-hydrogen) atoms. The molecule has 0 radical (unpaired) electrons. The molecule has 0 aromatic carbocycles. The first-order chi connectivity index (χ1) is 5.35. The van der Waals surface area contributed by atoms with E-state index in [4.69, 9.17) is 0 Å². The van der Waals surface area contributed by atoms with Crippen LogP contribution in [0.1, 0.15) is 34.1 Å². The summed E-state index contributed by atoms with van der Waals surface area (Å²) in [5, 5.41) is 1.17. The predicted molar refractivity (Wildman–Crippen MR) is 57.4 cm³/mol. The Morgan fingerprint density at radius 3 is 2.27 bits per heavy atom. The van der Waals surface area contributed by atoms with Crippen LogP contribution >= 0.6 is 11.8 Å². The Morgan fingerprint density at radius 1 is 1.45 bits per heavy atom. The molecule has 1 nitrogen and oxygen atoms in total. The van der Waals surface area contributed by atoms with E-state index in [1.54, 1.807) is 18.0 Å². The fourth-order valence-corrected chi connectivity index (χ4v) is 1.19. The highest BCUT2D eigenvalue weighted by Crippen LogP contribution is 2.06. The van der Waals surface area contributed by atoms with Crippen LogP contribution in [0, 0.1) is 0 Å². The van der Waals surface area contributed by atoms with Gasteiger partial charge in [0, 0.05) is 6.20 Å². The summed E-state index contributed by atoms with van der Waals surface area (Å²) >= 11 is 1.78. The van der Waals surface area contributed by atoms with Gasteiger partial charge in [-0.2, -0.15) is 0 Å². The molecule has 0 aliphatic heterocycles. The summed E-state index contributed by atoms with van der Waals surface area (Å²) in [5.41, 5.74) is 0. The third-order valence-electron chi connectivity index (χ3n) is 0.849. The molecule has 0 heterocycles. The molecule has 0 rings (SSSR count). The van der Waals surface area contributed by atoms with Gasteiger partial charge in [-0.05, 0) is 12.2 Å². The number of hydrogen-bond donors (Lipinski definition) is 0. The van der Waals surface area contributed by atoms with Gasteiger partial charge in [-0.15, -0.1) is 11.8 Å². The molecule has 0 unspecified atom stereocenters. The van der Waals surface area contributed by atoms with Gasteiger partial charge in [-0.25, -0.2) is 0 Å². The molecule has 0 saturated heterocycles. The van der Waals surface area contributed by atoms with E-state index in [2.05, 4.69) is 25.4 Å². The molecule has 2 heteroatoms. The Bertz CT molecular complexity index is 108.